The Morgan fingerprint density at radius 3 is 2.90 bits per heavy atom. The van der Waals surface area contributed by atoms with Crippen LogP contribution in [0.1, 0.15) is 10.4 Å². The Morgan fingerprint density at radius 1 is 1.33 bits per heavy atom. The van der Waals surface area contributed by atoms with E-state index < -0.39 is 5.82 Å². The van der Waals surface area contributed by atoms with Crippen LogP contribution in [0.2, 0.25) is 5.02 Å². The number of rotatable bonds is 1. The number of fused-ring (bicyclic) bond motifs is 3. The topological polar surface area (TPSA) is 32.8 Å². The van der Waals surface area contributed by atoms with E-state index in [1.807, 2.05) is 7.05 Å². The lowest BCUT2D eigenvalue weighted by molar-refractivity contribution is 0.0481. The molecular weight excluding hydrogens is 295 g/mol. The summed E-state index contributed by atoms with van der Waals surface area (Å²) < 4.78 is 19.6. The summed E-state index contributed by atoms with van der Waals surface area (Å²) in [6, 6.07) is 4.15. The van der Waals surface area contributed by atoms with Crippen LogP contribution in [0.4, 0.5) is 4.39 Å². The number of nitrogens with zero attached hydrogens (tertiary/aromatic N) is 2. The highest BCUT2D eigenvalue weighted by Gasteiger charge is 2.35. The third-order valence-corrected chi connectivity index (χ3v) is 4.31. The summed E-state index contributed by atoms with van der Waals surface area (Å²) in [6.45, 7) is 3.40. The van der Waals surface area contributed by atoms with Crippen LogP contribution in [0.25, 0.3) is 0 Å². The number of likely N-dealkylation sites (N-methyl/N-ethyl adjacent to an activating group) is 1. The van der Waals surface area contributed by atoms with E-state index in [9.17, 15) is 9.18 Å². The van der Waals surface area contributed by atoms with Gasteiger partial charge in [-0.25, -0.2) is 4.39 Å². The zero-order valence-corrected chi connectivity index (χ0v) is 12.6. The van der Waals surface area contributed by atoms with Crippen LogP contribution in [0, 0.1) is 11.7 Å². The van der Waals surface area contributed by atoms with Gasteiger partial charge in [0.1, 0.15) is 5.82 Å². The SMILES string of the molecule is CN1C[C@@H]2COC[C@H](C1)N(C(=O)c1ccc(Cl)cc1F)C2. The first kappa shape index (κ1) is 14.8. The minimum Gasteiger partial charge on any atom is -0.379 e. The van der Waals surface area contributed by atoms with Crippen molar-refractivity contribution in [3.05, 3.63) is 34.6 Å². The van der Waals surface area contributed by atoms with Crippen molar-refractivity contribution in [3.8, 4) is 0 Å². The Labute approximate surface area is 128 Å². The Bertz CT molecular complexity index is 554. The molecule has 0 radical (unpaired) electrons. The molecule has 1 aromatic carbocycles. The lowest BCUT2D eigenvalue weighted by atomic mass is 10.1. The molecule has 1 aromatic rings. The van der Waals surface area contributed by atoms with E-state index in [0.717, 1.165) is 13.1 Å². The third-order valence-electron chi connectivity index (χ3n) is 4.07. The highest BCUT2D eigenvalue weighted by Crippen LogP contribution is 2.23. The second kappa shape index (κ2) is 5.91. The summed E-state index contributed by atoms with van der Waals surface area (Å²) in [4.78, 5) is 16.7. The molecule has 0 aliphatic carbocycles. The lowest BCUT2D eigenvalue weighted by Crippen LogP contribution is -2.46. The highest BCUT2D eigenvalue weighted by molar-refractivity contribution is 6.30. The standard InChI is InChI=1S/C15H18ClFN2O2/c1-18-5-10-6-19(12(7-18)9-21-8-10)15(20)13-3-2-11(16)4-14(13)17/h2-4,10,12H,5-9H2,1H3/t10-,12-/m0/s1. The second-order valence-corrected chi connectivity index (χ2v) is 6.30. The van der Waals surface area contributed by atoms with Crippen LogP contribution < -0.4 is 0 Å². The van der Waals surface area contributed by atoms with Crippen molar-refractivity contribution in [2.24, 2.45) is 5.92 Å². The van der Waals surface area contributed by atoms with E-state index in [1.165, 1.54) is 12.1 Å². The van der Waals surface area contributed by atoms with E-state index >= 15 is 0 Å². The largest absolute Gasteiger partial charge is 0.379 e. The van der Waals surface area contributed by atoms with Crippen molar-refractivity contribution in [2.75, 3.05) is 39.9 Å². The summed E-state index contributed by atoms with van der Waals surface area (Å²) >= 11 is 5.75. The van der Waals surface area contributed by atoms with Crippen LogP contribution in [0.5, 0.6) is 0 Å². The second-order valence-electron chi connectivity index (χ2n) is 5.86. The Morgan fingerprint density at radius 2 is 2.14 bits per heavy atom. The maximum atomic E-state index is 14.0. The van der Waals surface area contributed by atoms with E-state index in [-0.39, 0.29) is 23.4 Å². The molecule has 2 aliphatic rings. The quantitative estimate of drug-likeness (QED) is 0.794. The molecule has 114 valence electrons. The number of carbonyl (C=O) groups excluding carboxylic acids is 1. The number of benzene rings is 1. The molecule has 21 heavy (non-hydrogen) atoms. The normalized spacial score (nSPS) is 26.5. The van der Waals surface area contributed by atoms with Crippen molar-refractivity contribution in [2.45, 2.75) is 6.04 Å². The van der Waals surface area contributed by atoms with E-state index in [4.69, 9.17) is 16.3 Å². The monoisotopic (exact) mass is 312 g/mol. The van der Waals surface area contributed by atoms with Crippen LogP contribution in [-0.4, -0.2) is 61.6 Å². The molecule has 6 heteroatoms. The molecule has 0 spiro atoms. The molecular formula is C15H18ClFN2O2. The number of hydrogen-bond donors (Lipinski definition) is 0. The summed E-state index contributed by atoms with van der Waals surface area (Å²) in [5.41, 5.74) is 0.0783. The summed E-state index contributed by atoms with van der Waals surface area (Å²) in [6.07, 6.45) is 0. The van der Waals surface area contributed by atoms with Gasteiger partial charge in [0.05, 0.1) is 24.8 Å². The lowest BCUT2D eigenvalue weighted by Gasteiger charge is -2.29. The predicted octanol–water partition coefficient (Wildman–Crippen LogP) is 1.88. The Balaban J connectivity index is 1.89. The van der Waals surface area contributed by atoms with Crippen LogP contribution in [0.3, 0.4) is 0 Å². The Hall–Kier alpha value is -1.17. The summed E-state index contributed by atoms with van der Waals surface area (Å²) in [5.74, 6) is -0.581. The van der Waals surface area contributed by atoms with E-state index in [0.29, 0.717) is 24.8 Å². The average Bonchev–Trinajstić information content (AvgIpc) is 2.68. The smallest absolute Gasteiger partial charge is 0.257 e. The number of carbonyl (C=O) groups is 1. The van der Waals surface area contributed by atoms with Gasteiger partial charge in [0, 0.05) is 30.6 Å². The van der Waals surface area contributed by atoms with Crippen molar-refractivity contribution >= 4 is 17.5 Å². The first-order valence-corrected chi connectivity index (χ1v) is 7.44. The fourth-order valence-electron chi connectivity index (χ4n) is 3.14. The maximum Gasteiger partial charge on any atom is 0.257 e. The van der Waals surface area contributed by atoms with Gasteiger partial charge in [-0.05, 0) is 25.2 Å². The number of hydrogen-bond acceptors (Lipinski definition) is 3. The molecule has 3 rings (SSSR count). The minimum atomic E-state index is -0.569. The molecule has 1 amide bonds. The number of halogens is 2. The zero-order chi connectivity index (χ0) is 15.0. The molecule has 0 unspecified atom stereocenters. The van der Waals surface area contributed by atoms with Gasteiger partial charge in [0.25, 0.3) is 5.91 Å². The molecule has 0 saturated carbocycles. The maximum absolute atomic E-state index is 14.0. The highest BCUT2D eigenvalue weighted by atomic mass is 35.5. The first-order valence-electron chi connectivity index (χ1n) is 7.07. The third kappa shape index (κ3) is 3.05. The fraction of sp³-hybridized carbons (Fsp3) is 0.533. The molecule has 2 atom stereocenters. The van der Waals surface area contributed by atoms with Gasteiger partial charge < -0.3 is 14.5 Å². The molecule has 4 nitrogen and oxygen atoms in total. The number of ether oxygens (including phenoxy) is 1. The van der Waals surface area contributed by atoms with Crippen LogP contribution in [-0.2, 0) is 4.74 Å². The van der Waals surface area contributed by atoms with Gasteiger partial charge in [-0.3, -0.25) is 4.79 Å². The Kier molecular flexibility index (Phi) is 4.15. The van der Waals surface area contributed by atoms with E-state index in [2.05, 4.69) is 4.90 Å². The van der Waals surface area contributed by atoms with Gasteiger partial charge in [0.2, 0.25) is 0 Å². The molecule has 2 saturated heterocycles. The predicted molar refractivity (Wildman–Crippen MR) is 78.0 cm³/mol. The summed E-state index contributed by atoms with van der Waals surface area (Å²) in [5, 5.41) is 0.293. The van der Waals surface area contributed by atoms with Gasteiger partial charge in [-0.1, -0.05) is 11.6 Å². The molecule has 2 bridgehead atoms. The van der Waals surface area contributed by atoms with Gasteiger partial charge in [-0.2, -0.15) is 0 Å². The van der Waals surface area contributed by atoms with Crippen molar-refractivity contribution in [1.82, 2.24) is 9.80 Å². The molecule has 0 N–H and O–H groups in total. The first-order chi connectivity index (χ1) is 10.0. The van der Waals surface area contributed by atoms with Crippen LogP contribution in [0.15, 0.2) is 18.2 Å². The van der Waals surface area contributed by atoms with Crippen molar-refractivity contribution in [1.29, 1.82) is 0 Å². The fourth-order valence-corrected chi connectivity index (χ4v) is 3.30. The van der Waals surface area contributed by atoms with Gasteiger partial charge in [0.15, 0.2) is 0 Å². The van der Waals surface area contributed by atoms with E-state index in [1.54, 1.807) is 11.0 Å². The number of amides is 1. The van der Waals surface area contributed by atoms with Crippen molar-refractivity contribution in [3.63, 3.8) is 0 Å². The minimum absolute atomic E-state index is 0.0370. The van der Waals surface area contributed by atoms with Crippen molar-refractivity contribution < 1.29 is 13.9 Å². The van der Waals surface area contributed by atoms with Gasteiger partial charge in [-0.15, -0.1) is 0 Å². The average molecular weight is 313 g/mol. The van der Waals surface area contributed by atoms with Crippen LogP contribution >= 0.6 is 11.6 Å². The molecule has 2 heterocycles. The molecule has 0 aromatic heterocycles. The van der Waals surface area contributed by atoms with Gasteiger partial charge >= 0.3 is 0 Å². The molecule has 2 aliphatic heterocycles. The zero-order valence-electron chi connectivity index (χ0n) is 11.9. The molecule has 2 fully saturated rings. The summed E-state index contributed by atoms with van der Waals surface area (Å²) in [7, 11) is 2.04.